The van der Waals surface area contributed by atoms with Gasteiger partial charge < -0.3 is 5.11 Å². The summed E-state index contributed by atoms with van der Waals surface area (Å²) >= 11 is 1.91. The molecule has 1 heterocycles. The van der Waals surface area contributed by atoms with E-state index in [1.54, 1.807) is 19.1 Å². The number of nitrogens with zero attached hydrogens (tertiary/aromatic N) is 1. The molecule has 0 spiro atoms. The van der Waals surface area contributed by atoms with E-state index in [9.17, 15) is 14.3 Å². The summed E-state index contributed by atoms with van der Waals surface area (Å²) in [5.74, 6) is 2.18. The molecule has 5 heteroatoms. The average molecular weight is 311 g/mol. The predicted octanol–water partition coefficient (Wildman–Crippen LogP) is 4.64. The van der Waals surface area contributed by atoms with Crippen LogP contribution in [0, 0.1) is 12.7 Å². The molecule has 1 aromatic carbocycles. The van der Waals surface area contributed by atoms with Gasteiger partial charge in [-0.05, 0) is 55.2 Å². The van der Waals surface area contributed by atoms with Gasteiger partial charge in [0, 0.05) is 12.1 Å². The van der Waals surface area contributed by atoms with Crippen LogP contribution in [-0.4, -0.2) is 29.3 Å². The molecule has 116 valence electrons. The lowest BCUT2D eigenvalue weighted by atomic mass is 9.91. The standard InChI is InChI=1S/C16H22FNO2S/c1-3-8-18(16(19)20)14-5-4-13(15(17)11(14)2)12-6-9-21-10-7-12/h4-5,12H,3,6-10H2,1-2H3,(H,19,20). The van der Waals surface area contributed by atoms with Crippen LogP contribution in [0.15, 0.2) is 12.1 Å². The lowest BCUT2D eigenvalue weighted by Crippen LogP contribution is -2.31. The zero-order chi connectivity index (χ0) is 15.4. The Balaban J connectivity index is 2.33. The number of hydrogen-bond acceptors (Lipinski definition) is 2. The van der Waals surface area contributed by atoms with E-state index in [4.69, 9.17) is 0 Å². The number of thioether (sulfide) groups is 1. The van der Waals surface area contributed by atoms with Gasteiger partial charge in [0.2, 0.25) is 0 Å². The minimum Gasteiger partial charge on any atom is -0.465 e. The van der Waals surface area contributed by atoms with Gasteiger partial charge >= 0.3 is 6.09 Å². The van der Waals surface area contributed by atoms with Crippen LogP contribution in [0.4, 0.5) is 14.9 Å². The highest BCUT2D eigenvalue weighted by molar-refractivity contribution is 7.99. The SMILES string of the molecule is CCCN(C(=O)O)c1ccc(C2CCSCC2)c(F)c1C. The van der Waals surface area contributed by atoms with Crippen LogP contribution in [0.3, 0.4) is 0 Å². The molecule has 1 amide bonds. The molecule has 3 nitrogen and oxygen atoms in total. The van der Waals surface area contributed by atoms with Crippen molar-refractivity contribution in [3.05, 3.63) is 29.1 Å². The maximum absolute atomic E-state index is 14.7. The first-order valence-electron chi connectivity index (χ1n) is 7.43. The molecule has 1 aromatic rings. The summed E-state index contributed by atoms with van der Waals surface area (Å²) in [4.78, 5) is 12.6. The van der Waals surface area contributed by atoms with Crippen LogP contribution in [0.1, 0.15) is 43.2 Å². The number of amides is 1. The van der Waals surface area contributed by atoms with Crippen LogP contribution < -0.4 is 4.90 Å². The largest absolute Gasteiger partial charge is 0.465 e. The number of carboxylic acid groups (broad SMARTS) is 1. The third-order valence-corrected chi connectivity index (χ3v) is 5.07. The summed E-state index contributed by atoms with van der Waals surface area (Å²) in [6.07, 6.45) is 1.67. The molecule has 2 rings (SSSR count). The Morgan fingerprint density at radius 2 is 2.10 bits per heavy atom. The van der Waals surface area contributed by atoms with Gasteiger partial charge in [-0.3, -0.25) is 4.90 Å². The Hall–Kier alpha value is -1.23. The number of carbonyl (C=O) groups is 1. The summed E-state index contributed by atoms with van der Waals surface area (Å²) in [7, 11) is 0. The highest BCUT2D eigenvalue weighted by Crippen LogP contribution is 2.36. The zero-order valence-electron chi connectivity index (χ0n) is 12.6. The van der Waals surface area contributed by atoms with E-state index in [-0.39, 0.29) is 11.7 Å². The fourth-order valence-corrected chi connectivity index (χ4v) is 3.96. The van der Waals surface area contributed by atoms with Gasteiger partial charge in [0.25, 0.3) is 0 Å². The van der Waals surface area contributed by atoms with Crippen LogP contribution >= 0.6 is 11.8 Å². The zero-order valence-corrected chi connectivity index (χ0v) is 13.4. The van der Waals surface area contributed by atoms with Crippen molar-refractivity contribution >= 4 is 23.5 Å². The molecule has 0 saturated carbocycles. The highest BCUT2D eigenvalue weighted by atomic mass is 32.2. The number of anilines is 1. The van der Waals surface area contributed by atoms with Crippen LogP contribution in [0.5, 0.6) is 0 Å². The van der Waals surface area contributed by atoms with Crippen molar-refractivity contribution in [3.8, 4) is 0 Å². The van der Waals surface area contributed by atoms with Crippen LogP contribution in [-0.2, 0) is 0 Å². The van der Waals surface area contributed by atoms with Crippen molar-refractivity contribution in [1.29, 1.82) is 0 Å². The molecule has 21 heavy (non-hydrogen) atoms. The molecule has 1 fully saturated rings. The average Bonchev–Trinajstić information content (AvgIpc) is 2.49. The third kappa shape index (κ3) is 3.51. The Morgan fingerprint density at radius 1 is 1.43 bits per heavy atom. The predicted molar refractivity (Wildman–Crippen MR) is 86.1 cm³/mol. The summed E-state index contributed by atoms with van der Waals surface area (Å²) in [5.41, 5.74) is 1.66. The van der Waals surface area contributed by atoms with Crippen molar-refractivity contribution < 1.29 is 14.3 Å². The minimum absolute atomic E-state index is 0.230. The monoisotopic (exact) mass is 311 g/mol. The topological polar surface area (TPSA) is 40.5 Å². The number of halogens is 1. The van der Waals surface area contributed by atoms with Gasteiger partial charge in [-0.1, -0.05) is 13.0 Å². The molecule has 1 saturated heterocycles. The fraction of sp³-hybridized carbons (Fsp3) is 0.562. The Bertz CT molecular complexity index is 515. The molecule has 0 atom stereocenters. The van der Waals surface area contributed by atoms with Gasteiger partial charge in [0.1, 0.15) is 5.82 Å². The summed E-state index contributed by atoms with van der Waals surface area (Å²) in [6.45, 7) is 3.97. The molecular weight excluding hydrogens is 289 g/mol. The lowest BCUT2D eigenvalue weighted by Gasteiger charge is -2.26. The van der Waals surface area contributed by atoms with E-state index >= 15 is 0 Å². The highest BCUT2D eigenvalue weighted by Gasteiger charge is 2.24. The van der Waals surface area contributed by atoms with Crippen molar-refractivity contribution in [2.45, 2.75) is 39.0 Å². The van der Waals surface area contributed by atoms with E-state index < -0.39 is 6.09 Å². The summed E-state index contributed by atoms with van der Waals surface area (Å²) in [5, 5.41) is 9.29. The van der Waals surface area contributed by atoms with E-state index in [1.165, 1.54) is 4.90 Å². The van der Waals surface area contributed by atoms with Gasteiger partial charge in [-0.15, -0.1) is 0 Å². The first kappa shape index (κ1) is 16.1. The second kappa shape index (κ2) is 7.16. The van der Waals surface area contributed by atoms with Gasteiger partial charge in [0.15, 0.2) is 0 Å². The number of benzene rings is 1. The molecule has 0 unspecified atom stereocenters. The minimum atomic E-state index is -1.03. The second-order valence-corrected chi connectivity index (χ2v) is 6.66. The quantitative estimate of drug-likeness (QED) is 0.880. The van der Waals surface area contributed by atoms with Crippen LogP contribution in [0.25, 0.3) is 0 Å². The summed E-state index contributed by atoms with van der Waals surface area (Å²) < 4.78 is 14.7. The summed E-state index contributed by atoms with van der Waals surface area (Å²) in [6, 6.07) is 3.54. The maximum Gasteiger partial charge on any atom is 0.411 e. The molecule has 0 radical (unpaired) electrons. The molecule has 0 aliphatic carbocycles. The molecule has 1 aliphatic heterocycles. The lowest BCUT2D eigenvalue weighted by molar-refractivity contribution is 0.201. The van der Waals surface area contributed by atoms with E-state index in [1.807, 2.05) is 18.7 Å². The van der Waals surface area contributed by atoms with E-state index in [2.05, 4.69) is 0 Å². The van der Waals surface area contributed by atoms with Gasteiger partial charge in [-0.2, -0.15) is 11.8 Å². The number of rotatable bonds is 4. The van der Waals surface area contributed by atoms with E-state index in [0.717, 1.165) is 29.9 Å². The first-order valence-corrected chi connectivity index (χ1v) is 8.59. The van der Waals surface area contributed by atoms with Crippen molar-refractivity contribution in [2.24, 2.45) is 0 Å². The van der Waals surface area contributed by atoms with Gasteiger partial charge in [-0.25, -0.2) is 9.18 Å². The van der Waals surface area contributed by atoms with Crippen LogP contribution in [0.2, 0.25) is 0 Å². The first-order chi connectivity index (χ1) is 10.1. The third-order valence-electron chi connectivity index (χ3n) is 4.02. The smallest absolute Gasteiger partial charge is 0.411 e. The normalized spacial score (nSPS) is 16.0. The number of hydrogen-bond donors (Lipinski definition) is 1. The molecule has 1 N–H and O–H groups in total. The molecule has 1 aliphatic rings. The maximum atomic E-state index is 14.7. The Morgan fingerprint density at radius 3 is 2.67 bits per heavy atom. The van der Waals surface area contributed by atoms with Crippen molar-refractivity contribution in [3.63, 3.8) is 0 Å². The molecular formula is C16H22FNO2S. The van der Waals surface area contributed by atoms with Gasteiger partial charge in [0.05, 0.1) is 5.69 Å². The molecule has 0 aromatic heterocycles. The Labute approximate surface area is 129 Å². The fourth-order valence-electron chi connectivity index (χ4n) is 2.85. The van der Waals surface area contributed by atoms with Crippen molar-refractivity contribution in [2.75, 3.05) is 23.0 Å². The van der Waals surface area contributed by atoms with E-state index in [0.29, 0.717) is 24.2 Å². The second-order valence-electron chi connectivity index (χ2n) is 5.43. The Kier molecular flexibility index (Phi) is 5.51. The molecule has 0 bridgehead atoms. The van der Waals surface area contributed by atoms with Crippen molar-refractivity contribution in [1.82, 2.24) is 0 Å².